The Kier molecular flexibility index (Phi) is 2.59. The van der Waals surface area contributed by atoms with Gasteiger partial charge in [0.25, 0.3) is 12.0 Å². The van der Waals surface area contributed by atoms with Gasteiger partial charge >= 0.3 is 5.97 Å². The van der Waals surface area contributed by atoms with E-state index in [9.17, 15) is 22.8 Å². The molecule has 0 bridgehead atoms. The van der Waals surface area contributed by atoms with Crippen LogP contribution in [0.5, 0.6) is 0 Å². The molecule has 0 atom stereocenters. The lowest BCUT2D eigenvalue weighted by Crippen LogP contribution is -2.21. The highest BCUT2D eigenvalue weighted by molar-refractivity contribution is 5.88. The van der Waals surface area contributed by atoms with Gasteiger partial charge in [0.1, 0.15) is 5.56 Å². The molecule has 4 nitrogen and oxygen atoms in total. The van der Waals surface area contributed by atoms with E-state index in [4.69, 9.17) is 5.11 Å². The number of carbonyl (C=O) groups is 1. The van der Waals surface area contributed by atoms with Crippen LogP contribution in [0.3, 0.4) is 0 Å². The number of aromatic carboxylic acids is 1. The van der Waals surface area contributed by atoms with Crippen LogP contribution in [0.4, 0.5) is 13.2 Å². The third-order valence-electron chi connectivity index (χ3n) is 1.48. The van der Waals surface area contributed by atoms with Crippen LogP contribution in [-0.2, 0) is 0 Å². The molecule has 76 valence electrons. The van der Waals surface area contributed by atoms with Gasteiger partial charge in [0, 0.05) is 11.6 Å². The highest BCUT2D eigenvalue weighted by atomic mass is 19.3. The number of aromatic nitrogens is 1. The Morgan fingerprint density at radius 2 is 2.07 bits per heavy atom. The lowest BCUT2D eigenvalue weighted by molar-refractivity contribution is 0.0682. The first-order valence-electron chi connectivity index (χ1n) is 3.37. The van der Waals surface area contributed by atoms with Crippen LogP contribution in [0.1, 0.15) is 22.3 Å². The maximum atomic E-state index is 12.4. The minimum atomic E-state index is -3.21. The summed E-state index contributed by atoms with van der Waals surface area (Å²) in [4.78, 5) is 22.7. The number of nitrogens with one attached hydrogen (secondary N) is 1. The minimum Gasteiger partial charge on any atom is -0.477 e. The second kappa shape index (κ2) is 3.52. The topological polar surface area (TPSA) is 70.2 Å². The van der Waals surface area contributed by atoms with Gasteiger partial charge in [-0.15, -0.1) is 0 Å². The zero-order valence-electron chi connectivity index (χ0n) is 6.55. The van der Waals surface area contributed by atoms with E-state index in [-0.39, 0.29) is 6.07 Å². The molecule has 0 saturated heterocycles. The molecule has 0 aromatic carbocycles. The van der Waals surface area contributed by atoms with Crippen LogP contribution < -0.4 is 5.56 Å². The third-order valence-corrected chi connectivity index (χ3v) is 1.48. The van der Waals surface area contributed by atoms with Crippen molar-refractivity contribution in [2.45, 2.75) is 6.43 Å². The molecule has 0 fully saturated rings. The number of hydrogen-bond donors (Lipinski definition) is 2. The van der Waals surface area contributed by atoms with Crippen LogP contribution in [-0.4, -0.2) is 16.1 Å². The quantitative estimate of drug-likeness (QED) is 0.714. The van der Waals surface area contributed by atoms with Crippen molar-refractivity contribution in [2.75, 3.05) is 0 Å². The smallest absolute Gasteiger partial charge is 0.341 e. The van der Waals surface area contributed by atoms with Crippen molar-refractivity contribution in [3.8, 4) is 0 Å². The molecule has 2 N–H and O–H groups in total. The van der Waals surface area contributed by atoms with Crippen molar-refractivity contribution in [3.05, 3.63) is 33.5 Å². The van der Waals surface area contributed by atoms with Crippen molar-refractivity contribution in [1.29, 1.82) is 0 Å². The average molecular weight is 207 g/mol. The molecule has 0 aliphatic carbocycles. The molecule has 14 heavy (non-hydrogen) atoms. The van der Waals surface area contributed by atoms with Crippen LogP contribution in [0.15, 0.2) is 10.9 Å². The average Bonchev–Trinajstić information content (AvgIpc) is 2.01. The van der Waals surface area contributed by atoms with Gasteiger partial charge in [-0.2, -0.15) is 4.39 Å². The number of alkyl halides is 2. The largest absolute Gasteiger partial charge is 0.477 e. The van der Waals surface area contributed by atoms with Gasteiger partial charge in [-0.1, -0.05) is 0 Å². The van der Waals surface area contributed by atoms with E-state index < -0.39 is 35.0 Å². The maximum absolute atomic E-state index is 12.4. The van der Waals surface area contributed by atoms with Gasteiger partial charge in [0.05, 0.1) is 0 Å². The molecule has 1 rings (SSSR count). The second-order valence-electron chi connectivity index (χ2n) is 2.38. The van der Waals surface area contributed by atoms with Gasteiger partial charge in [0.15, 0.2) is 5.95 Å². The van der Waals surface area contributed by atoms with Crippen molar-refractivity contribution < 1.29 is 23.1 Å². The summed E-state index contributed by atoms with van der Waals surface area (Å²) in [6.07, 6.45) is -3.21. The normalized spacial score (nSPS) is 10.6. The lowest BCUT2D eigenvalue weighted by Gasteiger charge is -2.03. The summed E-state index contributed by atoms with van der Waals surface area (Å²) in [5.74, 6) is -3.11. The molecule has 7 heteroatoms. The van der Waals surface area contributed by atoms with Gasteiger partial charge in [-0.05, 0) is 0 Å². The number of H-pyrrole nitrogens is 1. The summed E-state index contributed by atoms with van der Waals surface area (Å²) in [6.45, 7) is 0. The maximum Gasteiger partial charge on any atom is 0.341 e. The van der Waals surface area contributed by atoms with E-state index in [0.717, 1.165) is 0 Å². The van der Waals surface area contributed by atoms with E-state index in [0.29, 0.717) is 0 Å². The number of rotatable bonds is 2. The lowest BCUT2D eigenvalue weighted by atomic mass is 10.1. The van der Waals surface area contributed by atoms with Gasteiger partial charge in [-0.25, -0.2) is 13.6 Å². The molecule has 1 heterocycles. The summed E-state index contributed by atoms with van der Waals surface area (Å²) in [5.41, 5.74) is -3.65. The van der Waals surface area contributed by atoms with E-state index >= 15 is 0 Å². The molecular weight excluding hydrogens is 203 g/mol. The fraction of sp³-hybridized carbons (Fsp3) is 0.143. The van der Waals surface area contributed by atoms with Crippen molar-refractivity contribution in [2.24, 2.45) is 0 Å². The molecule has 0 saturated carbocycles. The Balaban J connectivity index is 3.53. The van der Waals surface area contributed by atoms with E-state index in [2.05, 4.69) is 0 Å². The predicted octanol–water partition coefficient (Wildman–Crippen LogP) is 1.15. The monoisotopic (exact) mass is 207 g/mol. The number of carboxylic acids is 1. The third kappa shape index (κ3) is 1.76. The molecule has 1 aromatic heterocycles. The number of halogens is 3. The first-order chi connectivity index (χ1) is 6.43. The summed E-state index contributed by atoms with van der Waals surface area (Å²) in [7, 11) is 0. The van der Waals surface area contributed by atoms with Crippen LogP contribution in [0.25, 0.3) is 0 Å². The van der Waals surface area contributed by atoms with Gasteiger partial charge < -0.3 is 5.11 Å². The number of pyridine rings is 1. The van der Waals surface area contributed by atoms with Crippen molar-refractivity contribution in [1.82, 2.24) is 4.98 Å². The Labute approximate surface area is 75.0 Å². The van der Waals surface area contributed by atoms with E-state index in [1.807, 2.05) is 0 Å². The fourth-order valence-electron chi connectivity index (χ4n) is 0.940. The van der Waals surface area contributed by atoms with Crippen molar-refractivity contribution in [3.63, 3.8) is 0 Å². The highest BCUT2D eigenvalue weighted by Gasteiger charge is 2.22. The first-order valence-corrected chi connectivity index (χ1v) is 3.37. The minimum absolute atomic E-state index is 0.287. The van der Waals surface area contributed by atoms with E-state index in [1.165, 1.54) is 4.98 Å². The first kappa shape index (κ1) is 10.3. The Morgan fingerprint density at radius 3 is 2.50 bits per heavy atom. The summed E-state index contributed by atoms with van der Waals surface area (Å²) in [6, 6.07) is 0.287. The molecule has 0 unspecified atom stereocenters. The predicted molar refractivity (Wildman–Crippen MR) is 38.9 cm³/mol. The number of aromatic amines is 1. The fourth-order valence-corrected chi connectivity index (χ4v) is 0.940. The molecule has 0 amide bonds. The molecule has 1 aromatic rings. The molecular formula is C7H4F3NO3. The zero-order chi connectivity index (χ0) is 10.9. The van der Waals surface area contributed by atoms with Gasteiger partial charge in [-0.3, -0.25) is 9.78 Å². The standard InChI is InChI=1S/C7H4F3NO3/c8-3-1-2(5(9)10)4(7(13)14)6(12)11-3/h1,5H,(H,11,12)(H,13,14). The summed E-state index contributed by atoms with van der Waals surface area (Å²) < 4.78 is 36.8. The van der Waals surface area contributed by atoms with Crippen LogP contribution in [0.2, 0.25) is 0 Å². The summed E-state index contributed by atoms with van der Waals surface area (Å²) >= 11 is 0. The van der Waals surface area contributed by atoms with E-state index in [1.54, 1.807) is 0 Å². The zero-order valence-corrected chi connectivity index (χ0v) is 6.55. The van der Waals surface area contributed by atoms with Crippen LogP contribution >= 0.6 is 0 Å². The Hall–Kier alpha value is -1.79. The Morgan fingerprint density at radius 1 is 1.50 bits per heavy atom. The number of carboxylic acid groups (broad SMARTS) is 1. The molecule has 0 aliphatic rings. The molecule has 0 spiro atoms. The highest BCUT2D eigenvalue weighted by Crippen LogP contribution is 2.20. The molecule has 0 aliphatic heterocycles. The van der Waals surface area contributed by atoms with Crippen molar-refractivity contribution >= 4 is 5.97 Å². The second-order valence-corrected chi connectivity index (χ2v) is 2.38. The SMILES string of the molecule is O=C(O)c1c(C(F)F)cc(F)[nH]c1=O. The summed E-state index contributed by atoms with van der Waals surface area (Å²) in [5, 5.41) is 8.41. The molecule has 0 radical (unpaired) electrons. The number of hydrogen-bond acceptors (Lipinski definition) is 2. The van der Waals surface area contributed by atoms with Gasteiger partial charge in [0.2, 0.25) is 0 Å². The van der Waals surface area contributed by atoms with Crippen LogP contribution in [0, 0.1) is 5.95 Å². The Bertz CT molecular complexity index is 427.